The Morgan fingerprint density at radius 2 is 2.25 bits per heavy atom. The molecule has 1 saturated heterocycles. The Morgan fingerprint density at radius 1 is 1.44 bits per heavy atom. The Bertz CT molecular complexity index is 417. The van der Waals surface area contributed by atoms with Crippen molar-refractivity contribution in [1.82, 2.24) is 4.98 Å². The molecule has 1 atom stereocenters. The van der Waals surface area contributed by atoms with Gasteiger partial charge in [0.1, 0.15) is 6.29 Å². The predicted molar refractivity (Wildman–Crippen MR) is 53.3 cm³/mol. The summed E-state index contributed by atoms with van der Waals surface area (Å²) in [6.07, 6.45) is 6.29. The van der Waals surface area contributed by atoms with Crippen LogP contribution in [-0.4, -0.2) is 30.3 Å². The molecule has 0 aromatic carbocycles. The van der Waals surface area contributed by atoms with Crippen molar-refractivity contribution in [1.29, 1.82) is 0 Å². The van der Waals surface area contributed by atoms with E-state index >= 15 is 0 Å². The normalized spacial score (nSPS) is 27.2. The van der Waals surface area contributed by atoms with E-state index in [1.165, 1.54) is 6.39 Å². The fourth-order valence-corrected chi connectivity index (χ4v) is 2.30. The van der Waals surface area contributed by atoms with E-state index in [2.05, 4.69) is 4.98 Å². The van der Waals surface area contributed by atoms with E-state index in [0.717, 1.165) is 11.9 Å². The second-order valence-corrected chi connectivity index (χ2v) is 3.85. The zero-order valence-electron chi connectivity index (χ0n) is 8.59. The van der Waals surface area contributed by atoms with Gasteiger partial charge in [0.15, 0.2) is 17.9 Å². The van der Waals surface area contributed by atoms with Crippen molar-refractivity contribution >= 4 is 11.9 Å². The molecule has 1 aliphatic heterocycles. The van der Waals surface area contributed by atoms with Crippen LogP contribution < -0.4 is 0 Å². The van der Waals surface area contributed by atoms with Crippen molar-refractivity contribution in [2.75, 3.05) is 13.2 Å². The van der Waals surface area contributed by atoms with Crippen LogP contribution in [0.2, 0.25) is 0 Å². The van der Waals surface area contributed by atoms with Gasteiger partial charge in [-0.1, -0.05) is 6.08 Å². The molecule has 3 rings (SSSR count). The van der Waals surface area contributed by atoms with E-state index in [9.17, 15) is 4.79 Å². The van der Waals surface area contributed by atoms with E-state index in [1.54, 1.807) is 6.20 Å². The van der Waals surface area contributed by atoms with E-state index in [4.69, 9.17) is 13.9 Å². The fourth-order valence-electron chi connectivity index (χ4n) is 2.30. The highest BCUT2D eigenvalue weighted by molar-refractivity contribution is 5.82. The van der Waals surface area contributed by atoms with E-state index < -0.39 is 11.7 Å². The highest BCUT2D eigenvalue weighted by Gasteiger charge is 2.50. The lowest BCUT2D eigenvalue weighted by molar-refractivity contribution is -0.173. The number of ether oxygens (including phenoxy) is 2. The molecule has 5 heteroatoms. The summed E-state index contributed by atoms with van der Waals surface area (Å²) in [6, 6.07) is 0. The lowest BCUT2D eigenvalue weighted by Crippen LogP contribution is -2.36. The lowest BCUT2D eigenvalue weighted by Gasteiger charge is -2.26. The number of carbonyl (C=O) groups excluding carboxylic acids is 1. The number of hydrogen-bond acceptors (Lipinski definition) is 5. The molecule has 5 nitrogen and oxygen atoms in total. The van der Waals surface area contributed by atoms with Gasteiger partial charge in [-0.15, -0.1) is 0 Å². The number of hydrogen-bond donors (Lipinski definition) is 0. The largest absolute Gasteiger partial charge is 0.444 e. The predicted octanol–water partition coefficient (Wildman–Crippen LogP) is 1.02. The molecule has 1 aromatic rings. The number of oxazole rings is 1. The number of rotatable bonds is 2. The molecule has 1 aromatic heterocycles. The van der Waals surface area contributed by atoms with Gasteiger partial charge in [-0.2, -0.15) is 0 Å². The second kappa shape index (κ2) is 3.54. The van der Waals surface area contributed by atoms with Crippen LogP contribution in [0.1, 0.15) is 12.2 Å². The van der Waals surface area contributed by atoms with Crippen LogP contribution in [0, 0.1) is 5.92 Å². The highest BCUT2D eigenvalue weighted by atomic mass is 16.7. The summed E-state index contributed by atoms with van der Waals surface area (Å²) in [4.78, 5) is 15.1. The van der Waals surface area contributed by atoms with E-state index in [1.807, 2.05) is 6.08 Å². The molecular formula is C11H11NO4. The van der Waals surface area contributed by atoms with Gasteiger partial charge < -0.3 is 18.7 Å². The first-order valence-electron chi connectivity index (χ1n) is 5.18. The summed E-state index contributed by atoms with van der Waals surface area (Å²) in [6.45, 7) is 1.06. The summed E-state index contributed by atoms with van der Waals surface area (Å²) in [5.74, 6) is -0.625. The average Bonchev–Trinajstić information content (AvgIpc) is 3.00. The Labute approximate surface area is 92.1 Å². The smallest absolute Gasteiger partial charge is 0.185 e. The topological polar surface area (TPSA) is 61.6 Å². The molecule has 16 heavy (non-hydrogen) atoms. The van der Waals surface area contributed by atoms with Crippen LogP contribution in [-0.2, 0) is 14.3 Å². The maximum Gasteiger partial charge on any atom is 0.185 e. The van der Waals surface area contributed by atoms with Crippen molar-refractivity contribution in [3.63, 3.8) is 0 Å². The molecule has 0 amide bonds. The average molecular weight is 221 g/mol. The Balaban J connectivity index is 1.94. The van der Waals surface area contributed by atoms with Crippen LogP contribution in [0.25, 0.3) is 5.57 Å². The third kappa shape index (κ3) is 1.25. The van der Waals surface area contributed by atoms with Gasteiger partial charge in [0, 0.05) is 12.0 Å². The Kier molecular flexibility index (Phi) is 2.15. The van der Waals surface area contributed by atoms with Gasteiger partial charge in [-0.25, -0.2) is 4.98 Å². The maximum atomic E-state index is 11.2. The van der Waals surface area contributed by atoms with Crippen LogP contribution >= 0.6 is 0 Å². The number of carbonyl (C=O) groups is 1. The maximum absolute atomic E-state index is 11.2. The first-order chi connectivity index (χ1) is 7.86. The zero-order valence-corrected chi connectivity index (χ0v) is 8.59. The summed E-state index contributed by atoms with van der Waals surface area (Å²) in [7, 11) is 0. The van der Waals surface area contributed by atoms with Gasteiger partial charge in [0.25, 0.3) is 0 Å². The van der Waals surface area contributed by atoms with Crippen molar-refractivity contribution in [3.8, 4) is 0 Å². The molecule has 0 radical (unpaired) electrons. The molecule has 84 valence electrons. The van der Waals surface area contributed by atoms with Crippen molar-refractivity contribution < 1.29 is 18.7 Å². The molecule has 0 bridgehead atoms. The minimum absolute atomic E-state index is 0.428. The molecule has 1 fully saturated rings. The molecule has 2 heterocycles. The molecule has 2 aliphatic rings. The molecule has 0 N–H and O–H groups in total. The first kappa shape index (κ1) is 9.74. The first-order valence-corrected chi connectivity index (χ1v) is 5.18. The van der Waals surface area contributed by atoms with Gasteiger partial charge >= 0.3 is 0 Å². The Morgan fingerprint density at radius 3 is 2.88 bits per heavy atom. The minimum atomic E-state index is -0.802. The quantitative estimate of drug-likeness (QED) is 0.698. The number of aldehydes is 1. The Hall–Kier alpha value is -1.46. The molecule has 1 aliphatic carbocycles. The van der Waals surface area contributed by atoms with Crippen molar-refractivity contribution in [2.24, 2.45) is 5.92 Å². The summed E-state index contributed by atoms with van der Waals surface area (Å²) in [5.41, 5.74) is 0.800. The second-order valence-electron chi connectivity index (χ2n) is 3.85. The van der Waals surface area contributed by atoms with Crippen LogP contribution in [0.3, 0.4) is 0 Å². The third-order valence-corrected chi connectivity index (χ3v) is 3.04. The van der Waals surface area contributed by atoms with Crippen molar-refractivity contribution in [2.45, 2.75) is 12.2 Å². The fraction of sp³-hybridized carbons (Fsp3) is 0.455. The summed E-state index contributed by atoms with van der Waals surface area (Å²) < 4.78 is 16.3. The van der Waals surface area contributed by atoms with Crippen LogP contribution in [0.15, 0.2) is 23.1 Å². The van der Waals surface area contributed by atoms with Crippen LogP contribution in [0.4, 0.5) is 0 Å². The molecule has 1 spiro atoms. The van der Waals surface area contributed by atoms with E-state index in [-0.39, 0.29) is 0 Å². The van der Waals surface area contributed by atoms with Crippen molar-refractivity contribution in [3.05, 3.63) is 24.4 Å². The summed E-state index contributed by atoms with van der Waals surface area (Å²) >= 11 is 0. The van der Waals surface area contributed by atoms with Gasteiger partial charge in [-0.3, -0.25) is 0 Å². The van der Waals surface area contributed by atoms with Gasteiger partial charge in [-0.05, 0) is 0 Å². The SMILES string of the molecule is O=C[C@H]1C(c2cnco2)=CCC12OCCO2. The molecule has 0 unspecified atom stereocenters. The molecular weight excluding hydrogens is 210 g/mol. The standard InChI is InChI=1S/C11H11NO4/c13-6-9-8(10-5-12-7-14-10)1-2-11(9)15-3-4-16-11/h1,5-7,9H,2-4H2/t9-/m0/s1. The third-order valence-electron chi connectivity index (χ3n) is 3.04. The van der Waals surface area contributed by atoms with Gasteiger partial charge in [0.05, 0.1) is 25.3 Å². The molecule has 0 saturated carbocycles. The lowest BCUT2D eigenvalue weighted by atomic mass is 9.96. The number of aromatic nitrogens is 1. The van der Waals surface area contributed by atoms with E-state index in [0.29, 0.717) is 25.4 Å². The monoisotopic (exact) mass is 221 g/mol. The minimum Gasteiger partial charge on any atom is -0.444 e. The highest BCUT2D eigenvalue weighted by Crippen LogP contribution is 2.44. The zero-order chi connectivity index (χ0) is 11.0. The van der Waals surface area contributed by atoms with Gasteiger partial charge in [0.2, 0.25) is 0 Å². The van der Waals surface area contributed by atoms with Crippen LogP contribution in [0.5, 0.6) is 0 Å². The summed E-state index contributed by atoms with van der Waals surface area (Å²) in [5, 5.41) is 0. The number of nitrogens with zero attached hydrogens (tertiary/aromatic N) is 1.